The van der Waals surface area contributed by atoms with Gasteiger partial charge >= 0.3 is 0 Å². The fourth-order valence-electron chi connectivity index (χ4n) is 2.72. The Bertz CT molecular complexity index is 211. The van der Waals surface area contributed by atoms with Crippen LogP contribution in [0.3, 0.4) is 0 Å². The molecule has 1 unspecified atom stereocenters. The lowest BCUT2D eigenvalue weighted by molar-refractivity contribution is 0.0301. The van der Waals surface area contributed by atoms with E-state index in [1.165, 1.54) is 12.8 Å². The van der Waals surface area contributed by atoms with Crippen LogP contribution in [0.15, 0.2) is 0 Å². The van der Waals surface area contributed by atoms with Crippen molar-refractivity contribution in [1.29, 1.82) is 0 Å². The summed E-state index contributed by atoms with van der Waals surface area (Å²) in [5.74, 6) is 0.766. The van der Waals surface area contributed by atoms with Gasteiger partial charge in [0.15, 0.2) is 0 Å². The normalized spacial score (nSPS) is 32.4. The van der Waals surface area contributed by atoms with Crippen LogP contribution in [-0.2, 0) is 9.47 Å². The first-order valence-corrected chi connectivity index (χ1v) is 6.34. The van der Waals surface area contributed by atoms with Crippen molar-refractivity contribution >= 4 is 0 Å². The molecule has 0 bridgehead atoms. The van der Waals surface area contributed by atoms with Gasteiger partial charge in [0, 0.05) is 32.9 Å². The molecular formula is C12H24N2O2. The summed E-state index contributed by atoms with van der Waals surface area (Å²) in [5.41, 5.74) is 6.02. The molecule has 0 spiro atoms. The van der Waals surface area contributed by atoms with Crippen molar-refractivity contribution in [3.8, 4) is 0 Å². The van der Waals surface area contributed by atoms with E-state index in [1.54, 1.807) is 0 Å². The summed E-state index contributed by atoms with van der Waals surface area (Å²) in [5, 5.41) is 0. The standard InChI is InChI=1S/C12H24N2O2/c1-14(8-11-2-5-15-6-3-11)12(9-13)4-7-16-10-12/h11H,2-10,13H2,1H3. The van der Waals surface area contributed by atoms with Crippen LogP contribution in [0.2, 0.25) is 0 Å². The summed E-state index contributed by atoms with van der Waals surface area (Å²) in [6.07, 6.45) is 3.45. The lowest BCUT2D eigenvalue weighted by Crippen LogP contribution is -2.54. The molecular weight excluding hydrogens is 204 g/mol. The lowest BCUT2D eigenvalue weighted by Gasteiger charge is -2.39. The van der Waals surface area contributed by atoms with Gasteiger partial charge in [-0.05, 0) is 32.2 Å². The number of likely N-dealkylation sites (N-methyl/N-ethyl adjacent to an activating group) is 1. The molecule has 0 amide bonds. The van der Waals surface area contributed by atoms with E-state index < -0.39 is 0 Å². The van der Waals surface area contributed by atoms with Gasteiger partial charge in [0.2, 0.25) is 0 Å². The fraction of sp³-hybridized carbons (Fsp3) is 1.00. The van der Waals surface area contributed by atoms with E-state index in [1.807, 2.05) is 0 Å². The molecule has 0 saturated carbocycles. The third-order valence-corrected chi connectivity index (χ3v) is 4.15. The number of hydrogen-bond acceptors (Lipinski definition) is 4. The van der Waals surface area contributed by atoms with Gasteiger partial charge < -0.3 is 15.2 Å². The van der Waals surface area contributed by atoms with Gasteiger partial charge in [-0.15, -0.1) is 0 Å². The van der Waals surface area contributed by atoms with Crippen LogP contribution in [0.5, 0.6) is 0 Å². The molecule has 2 aliphatic heterocycles. The highest BCUT2D eigenvalue weighted by Gasteiger charge is 2.38. The molecule has 16 heavy (non-hydrogen) atoms. The maximum Gasteiger partial charge on any atom is 0.0663 e. The van der Waals surface area contributed by atoms with E-state index in [2.05, 4.69) is 11.9 Å². The smallest absolute Gasteiger partial charge is 0.0663 e. The summed E-state index contributed by atoms with van der Waals surface area (Å²) < 4.78 is 10.9. The van der Waals surface area contributed by atoms with Crippen molar-refractivity contribution in [2.24, 2.45) is 11.7 Å². The van der Waals surface area contributed by atoms with Crippen LogP contribution in [0.25, 0.3) is 0 Å². The highest BCUT2D eigenvalue weighted by molar-refractivity contribution is 4.94. The van der Waals surface area contributed by atoms with Gasteiger partial charge in [-0.3, -0.25) is 4.90 Å². The number of rotatable bonds is 4. The number of hydrogen-bond donors (Lipinski definition) is 1. The minimum absolute atomic E-state index is 0.0955. The number of ether oxygens (including phenoxy) is 2. The molecule has 0 radical (unpaired) electrons. The Morgan fingerprint density at radius 2 is 2.00 bits per heavy atom. The highest BCUT2D eigenvalue weighted by Crippen LogP contribution is 2.26. The zero-order valence-corrected chi connectivity index (χ0v) is 10.3. The van der Waals surface area contributed by atoms with E-state index in [9.17, 15) is 0 Å². The van der Waals surface area contributed by atoms with Gasteiger partial charge in [0.05, 0.1) is 12.1 Å². The van der Waals surface area contributed by atoms with Crippen LogP contribution >= 0.6 is 0 Å². The SMILES string of the molecule is CN(CC1CCOCC1)C1(CN)CCOC1. The Balaban J connectivity index is 1.87. The second-order valence-electron chi connectivity index (χ2n) is 5.17. The summed E-state index contributed by atoms with van der Waals surface area (Å²) in [7, 11) is 2.19. The quantitative estimate of drug-likeness (QED) is 0.759. The number of nitrogens with zero attached hydrogens (tertiary/aromatic N) is 1. The molecule has 4 nitrogen and oxygen atoms in total. The predicted octanol–water partition coefficient (Wildman–Crippen LogP) is 0.463. The van der Waals surface area contributed by atoms with E-state index >= 15 is 0 Å². The Hall–Kier alpha value is -0.160. The molecule has 2 saturated heterocycles. The molecule has 94 valence electrons. The molecule has 2 rings (SSSR count). The average molecular weight is 228 g/mol. The maximum atomic E-state index is 5.93. The average Bonchev–Trinajstić information content (AvgIpc) is 2.80. The molecule has 2 heterocycles. The minimum Gasteiger partial charge on any atom is -0.381 e. The van der Waals surface area contributed by atoms with Gasteiger partial charge in [-0.2, -0.15) is 0 Å². The molecule has 0 aromatic heterocycles. The molecule has 4 heteroatoms. The van der Waals surface area contributed by atoms with Crippen molar-refractivity contribution < 1.29 is 9.47 Å². The third-order valence-electron chi connectivity index (χ3n) is 4.15. The topological polar surface area (TPSA) is 47.7 Å². The van der Waals surface area contributed by atoms with Crippen molar-refractivity contribution in [1.82, 2.24) is 4.90 Å². The maximum absolute atomic E-state index is 5.93. The van der Waals surface area contributed by atoms with E-state index in [0.29, 0.717) is 6.54 Å². The zero-order valence-electron chi connectivity index (χ0n) is 10.3. The molecule has 2 fully saturated rings. The summed E-state index contributed by atoms with van der Waals surface area (Å²) in [4.78, 5) is 2.43. The van der Waals surface area contributed by atoms with E-state index in [4.69, 9.17) is 15.2 Å². The molecule has 1 atom stereocenters. The van der Waals surface area contributed by atoms with Gasteiger partial charge in [-0.1, -0.05) is 0 Å². The largest absolute Gasteiger partial charge is 0.381 e. The van der Waals surface area contributed by atoms with E-state index in [0.717, 1.165) is 45.3 Å². The summed E-state index contributed by atoms with van der Waals surface area (Å²) >= 11 is 0. The van der Waals surface area contributed by atoms with Gasteiger partial charge in [0.25, 0.3) is 0 Å². The lowest BCUT2D eigenvalue weighted by atomic mass is 9.93. The first-order chi connectivity index (χ1) is 7.77. The van der Waals surface area contributed by atoms with E-state index in [-0.39, 0.29) is 5.54 Å². The number of nitrogens with two attached hydrogens (primary N) is 1. The van der Waals surface area contributed by atoms with Crippen LogP contribution in [0.1, 0.15) is 19.3 Å². The Labute approximate surface area is 98.1 Å². The minimum atomic E-state index is 0.0955. The first kappa shape index (κ1) is 12.3. The molecule has 0 aromatic rings. The van der Waals surface area contributed by atoms with Gasteiger partial charge in [0.1, 0.15) is 0 Å². The monoisotopic (exact) mass is 228 g/mol. The summed E-state index contributed by atoms with van der Waals surface area (Å²) in [6, 6.07) is 0. The molecule has 2 aliphatic rings. The van der Waals surface area contributed by atoms with Crippen LogP contribution < -0.4 is 5.73 Å². The van der Waals surface area contributed by atoms with Crippen LogP contribution in [0.4, 0.5) is 0 Å². The second kappa shape index (κ2) is 5.45. The molecule has 0 aromatic carbocycles. The van der Waals surface area contributed by atoms with Crippen molar-refractivity contribution in [2.75, 3.05) is 46.6 Å². The molecule has 2 N–H and O–H groups in total. The second-order valence-corrected chi connectivity index (χ2v) is 5.17. The first-order valence-electron chi connectivity index (χ1n) is 6.34. The molecule has 0 aliphatic carbocycles. The highest BCUT2D eigenvalue weighted by atomic mass is 16.5. The van der Waals surface area contributed by atoms with Crippen LogP contribution in [0, 0.1) is 5.92 Å². The zero-order chi connectivity index (χ0) is 11.4. The van der Waals surface area contributed by atoms with Crippen molar-refractivity contribution in [2.45, 2.75) is 24.8 Å². The summed E-state index contributed by atoms with van der Waals surface area (Å²) in [6.45, 7) is 5.32. The fourth-order valence-corrected chi connectivity index (χ4v) is 2.72. The van der Waals surface area contributed by atoms with Crippen LogP contribution in [-0.4, -0.2) is 57.0 Å². The predicted molar refractivity (Wildman–Crippen MR) is 63.4 cm³/mol. The Morgan fingerprint density at radius 3 is 2.56 bits per heavy atom. The Morgan fingerprint density at radius 1 is 1.25 bits per heavy atom. The Kier molecular flexibility index (Phi) is 4.19. The van der Waals surface area contributed by atoms with Gasteiger partial charge in [-0.25, -0.2) is 0 Å². The third kappa shape index (κ3) is 2.56. The van der Waals surface area contributed by atoms with Crippen molar-refractivity contribution in [3.05, 3.63) is 0 Å². The van der Waals surface area contributed by atoms with Crippen molar-refractivity contribution in [3.63, 3.8) is 0 Å².